The summed E-state index contributed by atoms with van der Waals surface area (Å²) in [6.45, 7) is 0. The average molecular weight is 419 g/mol. The van der Waals surface area contributed by atoms with E-state index in [0.717, 1.165) is 37.9 Å². The van der Waals surface area contributed by atoms with Crippen LogP contribution in [-0.4, -0.2) is 23.0 Å². The highest BCUT2D eigenvalue weighted by molar-refractivity contribution is 6.08. The number of hydrogen-bond acceptors (Lipinski definition) is 2. The maximum atomic E-state index is 13.1. The van der Waals surface area contributed by atoms with Gasteiger partial charge < -0.3 is 10.4 Å². The van der Waals surface area contributed by atoms with E-state index in [4.69, 9.17) is 0 Å². The maximum absolute atomic E-state index is 13.1. The van der Waals surface area contributed by atoms with Crippen LogP contribution in [0.25, 0.3) is 32.3 Å². The maximum Gasteiger partial charge on any atom is 0.326 e. The molecular formula is C28H21NO3. The number of carboxylic acid groups (broad SMARTS) is 1. The molecule has 0 saturated carbocycles. The zero-order chi connectivity index (χ0) is 22.1. The lowest BCUT2D eigenvalue weighted by Crippen LogP contribution is -2.42. The normalized spacial score (nSPS) is 12.1. The highest BCUT2D eigenvalue weighted by Gasteiger charge is 2.24. The van der Waals surface area contributed by atoms with E-state index in [1.807, 2.05) is 84.9 Å². The molecule has 1 amide bonds. The van der Waals surface area contributed by atoms with Gasteiger partial charge in [-0.15, -0.1) is 0 Å². The lowest BCUT2D eigenvalue weighted by atomic mass is 9.92. The van der Waals surface area contributed by atoms with Crippen LogP contribution in [0.15, 0.2) is 97.1 Å². The van der Waals surface area contributed by atoms with Crippen LogP contribution < -0.4 is 5.32 Å². The number of nitrogens with one attached hydrogen (secondary N) is 1. The molecule has 4 nitrogen and oxygen atoms in total. The summed E-state index contributed by atoms with van der Waals surface area (Å²) in [6.07, 6.45) is 0.188. The lowest BCUT2D eigenvalue weighted by Gasteiger charge is -2.18. The van der Waals surface area contributed by atoms with E-state index < -0.39 is 17.9 Å². The zero-order valence-electron chi connectivity index (χ0n) is 17.3. The van der Waals surface area contributed by atoms with Crippen LogP contribution in [0.1, 0.15) is 15.9 Å². The molecule has 0 aromatic heterocycles. The minimum atomic E-state index is -1.06. The fraction of sp³-hybridized carbons (Fsp3) is 0.0714. The van der Waals surface area contributed by atoms with Crippen LogP contribution in [-0.2, 0) is 11.2 Å². The molecule has 4 heteroatoms. The number of benzene rings is 5. The number of carbonyl (C=O) groups excluding carboxylic acids is 1. The molecule has 32 heavy (non-hydrogen) atoms. The van der Waals surface area contributed by atoms with Crippen LogP contribution in [0.5, 0.6) is 0 Å². The Morgan fingerprint density at radius 3 is 1.84 bits per heavy atom. The van der Waals surface area contributed by atoms with Crippen LogP contribution in [0.4, 0.5) is 0 Å². The topological polar surface area (TPSA) is 66.4 Å². The van der Waals surface area contributed by atoms with Crippen molar-refractivity contribution in [2.24, 2.45) is 0 Å². The quantitative estimate of drug-likeness (QED) is 0.366. The van der Waals surface area contributed by atoms with Crippen LogP contribution in [0.3, 0.4) is 0 Å². The number of hydrogen-bond donors (Lipinski definition) is 2. The first-order valence-electron chi connectivity index (χ1n) is 10.5. The van der Waals surface area contributed by atoms with Gasteiger partial charge in [0, 0.05) is 12.0 Å². The van der Waals surface area contributed by atoms with Crippen molar-refractivity contribution in [1.29, 1.82) is 0 Å². The molecule has 0 fully saturated rings. The molecular weight excluding hydrogens is 398 g/mol. The highest BCUT2D eigenvalue weighted by Crippen LogP contribution is 2.29. The summed E-state index contributed by atoms with van der Waals surface area (Å²) < 4.78 is 0. The summed E-state index contributed by atoms with van der Waals surface area (Å²) in [7, 11) is 0. The van der Waals surface area contributed by atoms with Gasteiger partial charge in [0.05, 0.1) is 0 Å². The minimum Gasteiger partial charge on any atom is -0.480 e. The van der Waals surface area contributed by atoms with E-state index in [9.17, 15) is 14.7 Å². The molecule has 2 N–H and O–H groups in total. The van der Waals surface area contributed by atoms with Crippen molar-refractivity contribution in [3.8, 4) is 0 Å². The molecule has 1 atom stereocenters. The molecule has 0 heterocycles. The Morgan fingerprint density at radius 1 is 0.688 bits per heavy atom. The third-order valence-electron chi connectivity index (χ3n) is 5.93. The molecule has 0 bridgehead atoms. The predicted octanol–water partition coefficient (Wildman–Crippen LogP) is 5.57. The monoisotopic (exact) mass is 419 g/mol. The van der Waals surface area contributed by atoms with E-state index >= 15 is 0 Å². The first-order chi connectivity index (χ1) is 15.6. The number of fused-ring (bicyclic) bond motifs is 3. The average Bonchev–Trinajstić information content (AvgIpc) is 2.82. The molecule has 0 radical (unpaired) electrons. The minimum absolute atomic E-state index is 0.188. The Labute approximate surface area is 185 Å². The summed E-state index contributed by atoms with van der Waals surface area (Å²) in [5.74, 6) is -1.45. The Balaban J connectivity index is 1.55. The molecule has 156 valence electrons. The summed E-state index contributed by atoms with van der Waals surface area (Å²) >= 11 is 0. The van der Waals surface area contributed by atoms with Crippen LogP contribution in [0.2, 0.25) is 0 Å². The fourth-order valence-corrected chi connectivity index (χ4v) is 4.39. The first kappa shape index (κ1) is 19.8. The van der Waals surface area contributed by atoms with Gasteiger partial charge in [0.2, 0.25) is 0 Å². The number of aliphatic carboxylic acids is 1. The molecule has 0 aliphatic carbocycles. The van der Waals surface area contributed by atoms with Crippen molar-refractivity contribution in [3.63, 3.8) is 0 Å². The van der Waals surface area contributed by atoms with Gasteiger partial charge in [-0.2, -0.15) is 0 Å². The zero-order valence-corrected chi connectivity index (χ0v) is 17.3. The molecule has 0 unspecified atom stereocenters. The van der Waals surface area contributed by atoms with Gasteiger partial charge in [-0.05, 0) is 50.0 Å². The Kier molecular flexibility index (Phi) is 5.04. The van der Waals surface area contributed by atoms with E-state index in [-0.39, 0.29) is 6.42 Å². The van der Waals surface area contributed by atoms with Gasteiger partial charge in [0.15, 0.2) is 0 Å². The Bertz CT molecular complexity index is 1430. The van der Waals surface area contributed by atoms with E-state index in [1.165, 1.54) is 0 Å². The number of rotatable bonds is 5. The number of amides is 1. The molecule has 0 aliphatic heterocycles. The molecule has 0 aliphatic rings. The third-order valence-corrected chi connectivity index (χ3v) is 5.93. The van der Waals surface area contributed by atoms with Crippen molar-refractivity contribution in [3.05, 3.63) is 108 Å². The summed E-state index contributed by atoms with van der Waals surface area (Å²) in [6, 6.07) is 30.0. The van der Waals surface area contributed by atoms with Gasteiger partial charge in [0.25, 0.3) is 5.91 Å². The molecule has 5 aromatic rings. The number of carbonyl (C=O) groups is 2. The molecule has 5 aromatic carbocycles. The first-order valence-corrected chi connectivity index (χ1v) is 10.5. The van der Waals surface area contributed by atoms with Gasteiger partial charge in [0.1, 0.15) is 6.04 Å². The van der Waals surface area contributed by atoms with Crippen molar-refractivity contribution in [1.82, 2.24) is 5.32 Å². The van der Waals surface area contributed by atoms with Crippen molar-refractivity contribution >= 4 is 44.2 Å². The summed E-state index contributed by atoms with van der Waals surface area (Å²) in [4.78, 5) is 25.3. The van der Waals surface area contributed by atoms with E-state index in [1.54, 1.807) is 6.07 Å². The van der Waals surface area contributed by atoms with E-state index in [2.05, 4.69) is 11.4 Å². The van der Waals surface area contributed by atoms with Crippen molar-refractivity contribution in [2.75, 3.05) is 0 Å². The van der Waals surface area contributed by atoms with Gasteiger partial charge in [-0.3, -0.25) is 4.79 Å². The van der Waals surface area contributed by atoms with Crippen LogP contribution >= 0.6 is 0 Å². The standard InChI is InChI=1S/C28H21NO3/c30-27(24-15-7-11-18-8-1-4-12-21(18)24)29-26(28(31)32)17-25-22-13-5-2-9-19(22)16-20-10-3-6-14-23(20)25/h1-16,26H,17H2,(H,29,30)(H,31,32)/t26-/m1/s1. The lowest BCUT2D eigenvalue weighted by molar-refractivity contribution is -0.139. The largest absolute Gasteiger partial charge is 0.480 e. The SMILES string of the molecule is O=C(N[C@H](Cc1c2ccccc2cc2ccccc12)C(=O)O)c1cccc2ccccc12. The van der Waals surface area contributed by atoms with Crippen LogP contribution in [0, 0.1) is 0 Å². The molecule has 5 rings (SSSR count). The molecule has 0 saturated heterocycles. The third kappa shape index (κ3) is 3.56. The van der Waals surface area contributed by atoms with E-state index in [0.29, 0.717) is 5.56 Å². The summed E-state index contributed by atoms with van der Waals surface area (Å²) in [5.41, 5.74) is 1.39. The Hall–Kier alpha value is -4.18. The second-order valence-corrected chi connectivity index (χ2v) is 7.89. The fourth-order valence-electron chi connectivity index (χ4n) is 4.39. The second kappa shape index (κ2) is 8.16. The van der Waals surface area contributed by atoms with Gasteiger partial charge in [-0.1, -0.05) is 84.9 Å². The van der Waals surface area contributed by atoms with Gasteiger partial charge >= 0.3 is 5.97 Å². The van der Waals surface area contributed by atoms with Gasteiger partial charge in [-0.25, -0.2) is 4.79 Å². The highest BCUT2D eigenvalue weighted by atomic mass is 16.4. The second-order valence-electron chi connectivity index (χ2n) is 7.89. The predicted molar refractivity (Wildman–Crippen MR) is 128 cm³/mol. The summed E-state index contributed by atoms with van der Waals surface area (Å²) in [5, 5.41) is 18.6. The molecule has 0 spiro atoms. The Morgan fingerprint density at radius 2 is 1.22 bits per heavy atom. The smallest absolute Gasteiger partial charge is 0.326 e. The van der Waals surface area contributed by atoms with Crippen molar-refractivity contribution in [2.45, 2.75) is 12.5 Å². The number of carboxylic acids is 1. The van der Waals surface area contributed by atoms with Crippen molar-refractivity contribution < 1.29 is 14.7 Å².